The Morgan fingerprint density at radius 2 is 2.07 bits per heavy atom. The monoisotopic (exact) mass is 237 g/mol. The van der Waals surface area contributed by atoms with Crippen molar-refractivity contribution in [1.82, 2.24) is 4.98 Å². The van der Waals surface area contributed by atoms with Crippen LogP contribution in [0.3, 0.4) is 0 Å². The molecule has 0 atom stereocenters. The number of nitrogen functional groups attached to an aromatic ring is 1. The van der Waals surface area contributed by atoms with Gasteiger partial charge in [-0.2, -0.15) is 5.26 Å². The molecule has 0 saturated carbocycles. The number of pyridine rings is 1. The second kappa shape index (κ2) is 3.58. The SMILES string of the molecule is N#Cc1c(Cl)nc2c(N)cccc2c1Cl. The minimum absolute atomic E-state index is 0.0768. The predicted molar refractivity (Wildman–Crippen MR) is 60.9 cm³/mol. The Bertz CT molecular complexity index is 587. The molecule has 0 radical (unpaired) electrons. The first kappa shape index (κ1) is 10.0. The van der Waals surface area contributed by atoms with Crippen LogP contribution in [0.1, 0.15) is 5.56 Å². The Morgan fingerprint density at radius 1 is 1.33 bits per heavy atom. The van der Waals surface area contributed by atoms with E-state index in [1.54, 1.807) is 18.2 Å². The van der Waals surface area contributed by atoms with Crippen molar-refractivity contribution in [2.24, 2.45) is 0 Å². The number of nitriles is 1. The van der Waals surface area contributed by atoms with Gasteiger partial charge in [0.1, 0.15) is 16.8 Å². The van der Waals surface area contributed by atoms with Gasteiger partial charge in [0, 0.05) is 5.39 Å². The highest BCUT2D eigenvalue weighted by Crippen LogP contribution is 2.32. The first-order valence-corrected chi connectivity index (χ1v) is 4.84. The Kier molecular flexibility index (Phi) is 2.39. The molecule has 74 valence electrons. The van der Waals surface area contributed by atoms with E-state index in [-0.39, 0.29) is 10.7 Å². The van der Waals surface area contributed by atoms with E-state index in [9.17, 15) is 0 Å². The molecule has 0 saturated heterocycles. The number of benzene rings is 1. The Hall–Kier alpha value is -1.50. The van der Waals surface area contributed by atoms with Gasteiger partial charge in [-0.3, -0.25) is 0 Å². The van der Waals surface area contributed by atoms with Crippen molar-refractivity contribution in [1.29, 1.82) is 5.26 Å². The van der Waals surface area contributed by atoms with Gasteiger partial charge in [-0.1, -0.05) is 35.3 Å². The molecule has 1 aromatic heterocycles. The number of fused-ring (bicyclic) bond motifs is 1. The Balaban J connectivity index is 2.99. The van der Waals surface area contributed by atoms with Gasteiger partial charge in [-0.15, -0.1) is 0 Å². The fourth-order valence-corrected chi connectivity index (χ4v) is 1.89. The van der Waals surface area contributed by atoms with Crippen LogP contribution in [0.5, 0.6) is 0 Å². The van der Waals surface area contributed by atoms with Crippen LogP contribution in [0.15, 0.2) is 18.2 Å². The summed E-state index contributed by atoms with van der Waals surface area (Å²) in [6.45, 7) is 0. The molecule has 2 aromatic rings. The number of hydrogen-bond acceptors (Lipinski definition) is 3. The number of nitrogens with zero attached hydrogens (tertiary/aromatic N) is 2. The fraction of sp³-hybridized carbons (Fsp3) is 0. The van der Waals surface area contributed by atoms with Crippen LogP contribution in [-0.2, 0) is 0 Å². The van der Waals surface area contributed by atoms with Crippen LogP contribution >= 0.6 is 23.2 Å². The van der Waals surface area contributed by atoms with Crippen molar-refractivity contribution >= 4 is 39.8 Å². The van der Waals surface area contributed by atoms with Gasteiger partial charge in [0.15, 0.2) is 0 Å². The van der Waals surface area contributed by atoms with E-state index in [2.05, 4.69) is 4.98 Å². The fourth-order valence-electron chi connectivity index (χ4n) is 1.34. The Morgan fingerprint density at radius 3 is 2.73 bits per heavy atom. The highest BCUT2D eigenvalue weighted by Gasteiger charge is 2.12. The highest BCUT2D eigenvalue weighted by molar-refractivity contribution is 6.39. The molecular formula is C10H5Cl2N3. The summed E-state index contributed by atoms with van der Waals surface area (Å²) in [4.78, 5) is 4.04. The average molecular weight is 238 g/mol. The van der Waals surface area contributed by atoms with E-state index in [1.807, 2.05) is 6.07 Å². The zero-order chi connectivity index (χ0) is 11.0. The molecule has 15 heavy (non-hydrogen) atoms. The standard InChI is InChI=1S/C10H5Cl2N3/c11-8-5-2-1-3-7(14)9(5)15-10(12)6(8)4-13/h1-3H,14H2. The predicted octanol–water partition coefficient (Wildman–Crippen LogP) is 3.00. The summed E-state index contributed by atoms with van der Waals surface area (Å²) in [6.07, 6.45) is 0. The second-order valence-corrected chi connectivity index (χ2v) is 3.68. The minimum Gasteiger partial charge on any atom is -0.397 e. The molecule has 0 fully saturated rings. The van der Waals surface area contributed by atoms with Gasteiger partial charge < -0.3 is 5.73 Å². The summed E-state index contributed by atoms with van der Waals surface area (Å²) < 4.78 is 0. The van der Waals surface area contributed by atoms with Crippen LogP contribution < -0.4 is 5.73 Å². The zero-order valence-corrected chi connectivity index (χ0v) is 8.97. The first-order valence-electron chi connectivity index (χ1n) is 4.08. The number of nitrogens with two attached hydrogens (primary N) is 1. The lowest BCUT2D eigenvalue weighted by molar-refractivity contribution is 1.37. The van der Waals surface area contributed by atoms with Crippen LogP contribution in [-0.4, -0.2) is 4.98 Å². The quantitative estimate of drug-likeness (QED) is 0.566. The maximum atomic E-state index is 8.84. The summed E-state index contributed by atoms with van der Waals surface area (Å²) in [6, 6.07) is 7.11. The molecular weight excluding hydrogens is 233 g/mol. The summed E-state index contributed by atoms with van der Waals surface area (Å²) in [5.74, 6) is 0. The molecule has 0 aliphatic heterocycles. The third-order valence-corrected chi connectivity index (χ3v) is 2.72. The molecule has 2 N–H and O–H groups in total. The summed E-state index contributed by atoms with van der Waals surface area (Å²) in [5.41, 5.74) is 6.91. The number of rotatable bonds is 0. The third-order valence-electron chi connectivity index (χ3n) is 2.05. The van der Waals surface area contributed by atoms with Crippen LogP contribution in [0.25, 0.3) is 10.9 Å². The Labute approximate surface area is 96.0 Å². The highest BCUT2D eigenvalue weighted by atomic mass is 35.5. The van der Waals surface area contributed by atoms with Crippen LogP contribution in [0.4, 0.5) is 5.69 Å². The molecule has 2 rings (SSSR count). The summed E-state index contributed by atoms with van der Waals surface area (Å²) in [5, 5.41) is 9.84. The van der Waals surface area contributed by atoms with Crippen LogP contribution in [0.2, 0.25) is 10.2 Å². The topological polar surface area (TPSA) is 62.7 Å². The van der Waals surface area contributed by atoms with Crippen molar-refractivity contribution in [3.8, 4) is 6.07 Å². The van der Waals surface area contributed by atoms with Crippen molar-refractivity contribution in [3.63, 3.8) is 0 Å². The maximum Gasteiger partial charge on any atom is 0.149 e. The number of anilines is 1. The smallest absolute Gasteiger partial charge is 0.149 e. The molecule has 1 heterocycles. The van der Waals surface area contributed by atoms with Gasteiger partial charge in [-0.25, -0.2) is 4.98 Å². The summed E-state index contributed by atoms with van der Waals surface area (Å²) in [7, 11) is 0. The van der Waals surface area contributed by atoms with Crippen LogP contribution in [0, 0.1) is 11.3 Å². The number of hydrogen-bond donors (Lipinski definition) is 1. The van der Waals surface area contributed by atoms with Crippen molar-refractivity contribution in [2.75, 3.05) is 5.73 Å². The van der Waals surface area contributed by atoms with Crippen molar-refractivity contribution in [2.45, 2.75) is 0 Å². The lowest BCUT2D eigenvalue weighted by Gasteiger charge is -2.05. The normalized spacial score (nSPS) is 10.2. The van der Waals surface area contributed by atoms with E-state index >= 15 is 0 Å². The zero-order valence-electron chi connectivity index (χ0n) is 7.46. The number of aromatic nitrogens is 1. The lowest BCUT2D eigenvalue weighted by atomic mass is 10.1. The molecule has 1 aromatic carbocycles. The van der Waals surface area contributed by atoms with Gasteiger partial charge in [0.05, 0.1) is 16.2 Å². The molecule has 0 amide bonds. The van der Waals surface area contributed by atoms with Gasteiger partial charge >= 0.3 is 0 Å². The molecule has 0 spiro atoms. The minimum atomic E-state index is 0.0768. The molecule has 0 bridgehead atoms. The lowest BCUT2D eigenvalue weighted by Crippen LogP contribution is -1.93. The van der Waals surface area contributed by atoms with Crippen molar-refractivity contribution in [3.05, 3.63) is 33.9 Å². The first-order chi connectivity index (χ1) is 7.15. The molecule has 0 aliphatic rings. The number of para-hydroxylation sites is 1. The molecule has 0 aliphatic carbocycles. The molecule has 5 heteroatoms. The van der Waals surface area contributed by atoms with E-state index in [4.69, 9.17) is 34.2 Å². The second-order valence-electron chi connectivity index (χ2n) is 2.95. The van der Waals surface area contributed by atoms with Crippen molar-refractivity contribution < 1.29 is 0 Å². The molecule has 3 nitrogen and oxygen atoms in total. The maximum absolute atomic E-state index is 8.84. The van der Waals surface area contributed by atoms with E-state index in [0.29, 0.717) is 21.6 Å². The van der Waals surface area contributed by atoms with Gasteiger partial charge in [0.25, 0.3) is 0 Å². The molecule has 0 unspecified atom stereocenters. The average Bonchev–Trinajstić information content (AvgIpc) is 2.20. The summed E-state index contributed by atoms with van der Waals surface area (Å²) >= 11 is 11.8. The van der Waals surface area contributed by atoms with E-state index in [0.717, 1.165) is 0 Å². The number of halogens is 2. The largest absolute Gasteiger partial charge is 0.397 e. The van der Waals surface area contributed by atoms with Gasteiger partial charge in [-0.05, 0) is 6.07 Å². The van der Waals surface area contributed by atoms with Gasteiger partial charge in [0.2, 0.25) is 0 Å². The third kappa shape index (κ3) is 1.48. The van der Waals surface area contributed by atoms with E-state index < -0.39 is 0 Å². The van der Waals surface area contributed by atoms with E-state index in [1.165, 1.54) is 0 Å².